The van der Waals surface area contributed by atoms with Crippen molar-refractivity contribution in [1.29, 1.82) is 0 Å². The molecule has 1 aliphatic rings. The summed E-state index contributed by atoms with van der Waals surface area (Å²) >= 11 is 0. The molecule has 30 heavy (non-hydrogen) atoms. The van der Waals surface area contributed by atoms with E-state index >= 15 is 0 Å². The van der Waals surface area contributed by atoms with Crippen LogP contribution >= 0.6 is 0 Å². The van der Waals surface area contributed by atoms with Gasteiger partial charge in [0.25, 0.3) is 5.78 Å². The lowest BCUT2D eigenvalue weighted by molar-refractivity contribution is 0.567. The summed E-state index contributed by atoms with van der Waals surface area (Å²) in [5, 5.41) is 4.91. The van der Waals surface area contributed by atoms with Crippen LogP contribution < -0.4 is 9.80 Å². The van der Waals surface area contributed by atoms with E-state index in [4.69, 9.17) is 10.1 Å². The number of hydrogen-bond donors (Lipinski definition) is 0. The summed E-state index contributed by atoms with van der Waals surface area (Å²) in [5.41, 5.74) is 2.50. The normalized spacial score (nSPS) is 13.6. The number of para-hydroxylation sites is 1. The number of nitrogens with zero attached hydrogens (tertiary/aromatic N) is 6. The van der Waals surface area contributed by atoms with E-state index in [1.165, 1.54) is 23.5 Å². The smallest absolute Gasteiger partial charge is 0.254 e. The fourth-order valence-electron chi connectivity index (χ4n) is 4.00. The maximum Gasteiger partial charge on any atom is 0.254 e. The van der Waals surface area contributed by atoms with Gasteiger partial charge in [-0.25, -0.2) is 4.98 Å². The fraction of sp³-hybridized carbons (Fsp3) is 0.542. The highest BCUT2D eigenvalue weighted by Crippen LogP contribution is 2.28. The average molecular weight is 407 g/mol. The average Bonchev–Trinajstić information content (AvgIpc) is 3.33. The number of hydrogen-bond acceptors (Lipinski definition) is 5. The quantitative estimate of drug-likeness (QED) is 0.520. The molecule has 0 fully saturated rings. The molecule has 0 unspecified atom stereocenters. The molecule has 4 rings (SSSR count). The molecule has 0 aliphatic carbocycles. The molecule has 1 aliphatic heterocycles. The molecule has 1 aromatic carbocycles. The van der Waals surface area contributed by atoms with Crippen LogP contribution in [0.3, 0.4) is 0 Å². The molecule has 0 atom stereocenters. The number of rotatable bonds is 9. The summed E-state index contributed by atoms with van der Waals surface area (Å²) in [6.07, 6.45) is 5.35. The Kier molecular flexibility index (Phi) is 6.21. The summed E-state index contributed by atoms with van der Waals surface area (Å²) in [5.74, 6) is 4.08. The Morgan fingerprint density at radius 1 is 1.03 bits per heavy atom. The highest BCUT2D eigenvalue weighted by atomic mass is 15.4. The Morgan fingerprint density at radius 3 is 2.53 bits per heavy atom. The second-order valence-electron chi connectivity index (χ2n) is 9.21. The van der Waals surface area contributed by atoms with Crippen molar-refractivity contribution in [3.8, 4) is 0 Å². The van der Waals surface area contributed by atoms with E-state index in [1.807, 2.05) is 10.7 Å². The number of aromatic nitrogens is 4. The molecule has 6 nitrogen and oxygen atoms in total. The van der Waals surface area contributed by atoms with Gasteiger partial charge in [-0.2, -0.15) is 9.50 Å². The van der Waals surface area contributed by atoms with Gasteiger partial charge in [0.05, 0.1) is 6.54 Å². The third kappa shape index (κ3) is 4.58. The zero-order valence-electron chi connectivity index (χ0n) is 18.8. The van der Waals surface area contributed by atoms with Gasteiger partial charge in [0.15, 0.2) is 5.82 Å². The zero-order valence-corrected chi connectivity index (χ0v) is 18.8. The van der Waals surface area contributed by atoms with Gasteiger partial charge in [0.1, 0.15) is 5.82 Å². The predicted octanol–water partition coefficient (Wildman–Crippen LogP) is 4.59. The molecule has 0 spiro atoms. The van der Waals surface area contributed by atoms with Crippen LogP contribution in [0.2, 0.25) is 0 Å². The van der Waals surface area contributed by atoms with Crippen molar-refractivity contribution < 1.29 is 0 Å². The van der Waals surface area contributed by atoms with E-state index in [1.54, 1.807) is 0 Å². The van der Waals surface area contributed by atoms with Crippen LogP contribution in [0.1, 0.15) is 51.9 Å². The summed E-state index contributed by atoms with van der Waals surface area (Å²) in [7, 11) is 0. The van der Waals surface area contributed by atoms with Gasteiger partial charge in [0.2, 0.25) is 0 Å². The summed E-state index contributed by atoms with van der Waals surface area (Å²) in [6, 6.07) is 10.6. The molecule has 0 N–H and O–H groups in total. The minimum Gasteiger partial charge on any atom is -0.364 e. The third-order valence-corrected chi connectivity index (χ3v) is 5.81. The lowest BCUT2D eigenvalue weighted by atomic mass is 10.1. The Balaban J connectivity index is 1.60. The Bertz CT molecular complexity index is 962. The Morgan fingerprint density at radius 2 is 1.80 bits per heavy atom. The molecule has 0 amide bonds. The second-order valence-corrected chi connectivity index (χ2v) is 9.21. The van der Waals surface area contributed by atoms with Gasteiger partial charge in [-0.1, -0.05) is 45.9 Å². The van der Waals surface area contributed by atoms with E-state index < -0.39 is 0 Å². The minimum atomic E-state index is 0.657. The standard InChI is InChI=1S/C24H34N6/c1-18(2)10-13-28-15-12-20-16-25-24-26-22(27-30(24)23(20)28)17-29(14-11-19(3)4)21-8-6-5-7-9-21/h5-9,16,18-19H,10-15,17H2,1-4H3. The van der Waals surface area contributed by atoms with Crippen LogP contribution in [-0.4, -0.2) is 39.2 Å². The van der Waals surface area contributed by atoms with Crippen LogP contribution in [-0.2, 0) is 13.0 Å². The second kappa shape index (κ2) is 9.02. The molecule has 0 saturated carbocycles. The molecule has 0 bridgehead atoms. The Hall–Kier alpha value is -2.63. The molecule has 3 aromatic rings. The Labute approximate surface area is 179 Å². The van der Waals surface area contributed by atoms with Crippen molar-refractivity contribution in [2.24, 2.45) is 11.8 Å². The van der Waals surface area contributed by atoms with E-state index in [2.05, 4.69) is 72.8 Å². The van der Waals surface area contributed by atoms with E-state index in [0.29, 0.717) is 24.2 Å². The minimum absolute atomic E-state index is 0.657. The molecule has 3 heterocycles. The van der Waals surface area contributed by atoms with Crippen molar-refractivity contribution >= 4 is 17.3 Å². The van der Waals surface area contributed by atoms with Crippen LogP contribution in [0.5, 0.6) is 0 Å². The fourth-order valence-corrected chi connectivity index (χ4v) is 4.00. The molecule has 0 radical (unpaired) electrons. The molecule has 0 saturated heterocycles. The maximum atomic E-state index is 4.91. The third-order valence-electron chi connectivity index (χ3n) is 5.81. The van der Waals surface area contributed by atoms with E-state index in [-0.39, 0.29) is 0 Å². The van der Waals surface area contributed by atoms with Crippen LogP contribution in [0.25, 0.3) is 5.78 Å². The molecular weight excluding hydrogens is 372 g/mol. The summed E-state index contributed by atoms with van der Waals surface area (Å²) in [6.45, 7) is 12.9. The maximum absolute atomic E-state index is 4.91. The SMILES string of the molecule is CC(C)CCN(Cc1nc2ncc3c(n2n1)N(CCC(C)C)CC3)c1ccccc1. The number of benzene rings is 1. The summed E-state index contributed by atoms with van der Waals surface area (Å²) < 4.78 is 1.98. The molecule has 2 aromatic heterocycles. The highest BCUT2D eigenvalue weighted by Gasteiger charge is 2.25. The lowest BCUT2D eigenvalue weighted by Crippen LogP contribution is -2.26. The van der Waals surface area contributed by atoms with Crippen molar-refractivity contribution in [3.05, 3.63) is 47.9 Å². The van der Waals surface area contributed by atoms with Gasteiger partial charge in [-0.3, -0.25) is 0 Å². The van der Waals surface area contributed by atoms with Gasteiger partial charge in [-0.15, -0.1) is 5.10 Å². The van der Waals surface area contributed by atoms with Crippen LogP contribution in [0.4, 0.5) is 11.5 Å². The first-order chi connectivity index (χ1) is 14.5. The van der Waals surface area contributed by atoms with Crippen molar-refractivity contribution in [1.82, 2.24) is 19.6 Å². The van der Waals surface area contributed by atoms with Gasteiger partial charge < -0.3 is 9.80 Å². The zero-order chi connectivity index (χ0) is 21.1. The van der Waals surface area contributed by atoms with E-state index in [0.717, 1.165) is 38.3 Å². The first kappa shape index (κ1) is 20.6. The van der Waals surface area contributed by atoms with Crippen LogP contribution in [0, 0.1) is 11.8 Å². The first-order valence-corrected chi connectivity index (χ1v) is 11.3. The highest BCUT2D eigenvalue weighted by molar-refractivity contribution is 5.56. The van der Waals surface area contributed by atoms with Crippen LogP contribution in [0.15, 0.2) is 36.5 Å². The monoisotopic (exact) mass is 406 g/mol. The van der Waals surface area contributed by atoms with Crippen molar-refractivity contribution in [3.63, 3.8) is 0 Å². The van der Waals surface area contributed by atoms with Crippen molar-refractivity contribution in [2.75, 3.05) is 29.4 Å². The van der Waals surface area contributed by atoms with Crippen molar-refractivity contribution in [2.45, 2.75) is 53.5 Å². The largest absolute Gasteiger partial charge is 0.364 e. The van der Waals surface area contributed by atoms with E-state index in [9.17, 15) is 0 Å². The molecule has 160 valence electrons. The van der Waals surface area contributed by atoms with Gasteiger partial charge in [0, 0.05) is 37.1 Å². The number of fused-ring (bicyclic) bond motifs is 3. The van der Waals surface area contributed by atoms with Gasteiger partial charge in [-0.05, 0) is 43.2 Å². The summed E-state index contributed by atoms with van der Waals surface area (Å²) in [4.78, 5) is 14.2. The topological polar surface area (TPSA) is 49.6 Å². The molecule has 6 heteroatoms. The molecular formula is C24H34N6. The first-order valence-electron chi connectivity index (χ1n) is 11.3. The number of anilines is 2. The predicted molar refractivity (Wildman–Crippen MR) is 123 cm³/mol. The van der Waals surface area contributed by atoms with Gasteiger partial charge >= 0.3 is 0 Å². The lowest BCUT2D eigenvalue weighted by Gasteiger charge is -2.24.